The molecule has 23 heavy (non-hydrogen) atoms. The van der Waals surface area contributed by atoms with E-state index in [-0.39, 0.29) is 18.8 Å². The molecule has 0 radical (unpaired) electrons. The number of methoxy groups -OCH3 is 1. The molecule has 0 saturated heterocycles. The number of esters is 1. The zero-order chi connectivity index (χ0) is 16.7. The summed E-state index contributed by atoms with van der Waals surface area (Å²) in [6, 6.07) is 12.5. The van der Waals surface area contributed by atoms with Crippen LogP contribution in [0, 0.1) is 5.82 Å². The van der Waals surface area contributed by atoms with Gasteiger partial charge in [-0.3, -0.25) is 9.59 Å². The Bertz CT molecular complexity index is 662. The fourth-order valence-electron chi connectivity index (χ4n) is 1.98. The van der Waals surface area contributed by atoms with Gasteiger partial charge in [0, 0.05) is 12.0 Å². The van der Waals surface area contributed by atoms with Gasteiger partial charge in [-0.15, -0.1) is 0 Å². The maximum atomic E-state index is 12.8. The number of rotatable bonds is 7. The van der Waals surface area contributed by atoms with Crippen LogP contribution in [0.2, 0.25) is 0 Å². The summed E-state index contributed by atoms with van der Waals surface area (Å²) < 4.78 is 22.8. The van der Waals surface area contributed by atoms with Crippen molar-refractivity contribution in [2.24, 2.45) is 0 Å². The molecule has 0 N–H and O–H groups in total. The summed E-state index contributed by atoms with van der Waals surface area (Å²) in [5.41, 5.74) is 1.29. The van der Waals surface area contributed by atoms with E-state index in [0.29, 0.717) is 12.0 Å². The van der Waals surface area contributed by atoms with E-state index in [0.717, 1.165) is 11.3 Å². The second-order valence-electron chi connectivity index (χ2n) is 4.94. The Morgan fingerprint density at radius 1 is 1.00 bits per heavy atom. The van der Waals surface area contributed by atoms with E-state index in [1.54, 1.807) is 7.11 Å². The highest BCUT2D eigenvalue weighted by molar-refractivity contribution is 5.97. The number of carbonyl (C=O) groups excluding carboxylic acids is 2. The van der Waals surface area contributed by atoms with Crippen LogP contribution in [0.4, 0.5) is 4.39 Å². The average Bonchev–Trinajstić information content (AvgIpc) is 2.59. The Labute approximate surface area is 133 Å². The Balaban J connectivity index is 1.76. The van der Waals surface area contributed by atoms with Crippen LogP contribution < -0.4 is 4.74 Å². The van der Waals surface area contributed by atoms with Crippen molar-refractivity contribution in [2.45, 2.75) is 12.8 Å². The Morgan fingerprint density at radius 3 is 2.26 bits per heavy atom. The van der Waals surface area contributed by atoms with Gasteiger partial charge < -0.3 is 9.47 Å². The lowest BCUT2D eigenvalue weighted by Crippen LogP contribution is -2.14. The first-order chi connectivity index (χ1) is 11.1. The van der Waals surface area contributed by atoms with E-state index in [1.165, 1.54) is 24.3 Å². The highest BCUT2D eigenvalue weighted by Gasteiger charge is 2.10. The van der Waals surface area contributed by atoms with Crippen LogP contribution in [-0.4, -0.2) is 25.5 Å². The zero-order valence-electron chi connectivity index (χ0n) is 12.8. The maximum Gasteiger partial charge on any atom is 0.306 e. The van der Waals surface area contributed by atoms with Crippen LogP contribution >= 0.6 is 0 Å². The molecular formula is C18H17FO4. The van der Waals surface area contributed by atoms with Crippen molar-refractivity contribution >= 4 is 11.8 Å². The molecule has 0 unspecified atom stereocenters. The Hall–Kier alpha value is -2.69. The fourth-order valence-corrected chi connectivity index (χ4v) is 1.98. The van der Waals surface area contributed by atoms with Crippen molar-refractivity contribution in [3.05, 3.63) is 65.5 Å². The molecule has 0 aliphatic heterocycles. The molecule has 5 heteroatoms. The van der Waals surface area contributed by atoms with Crippen molar-refractivity contribution in [3.8, 4) is 5.75 Å². The van der Waals surface area contributed by atoms with Crippen molar-refractivity contribution in [2.75, 3.05) is 13.7 Å². The first-order valence-electron chi connectivity index (χ1n) is 7.16. The smallest absolute Gasteiger partial charge is 0.306 e. The number of aryl methyl sites for hydroxylation is 1. The largest absolute Gasteiger partial charge is 0.497 e. The predicted octanol–water partition coefficient (Wildman–Crippen LogP) is 3.19. The minimum atomic E-state index is -0.448. The number of Topliss-reactive ketones (excluding diaryl/α,β-unsaturated/α-hetero) is 1. The number of ether oxygens (including phenoxy) is 2. The molecule has 0 atom stereocenters. The van der Waals surface area contributed by atoms with Gasteiger partial charge in [0.1, 0.15) is 11.6 Å². The van der Waals surface area contributed by atoms with Crippen molar-refractivity contribution in [1.82, 2.24) is 0 Å². The first kappa shape index (κ1) is 16.7. The van der Waals surface area contributed by atoms with E-state index in [1.807, 2.05) is 24.3 Å². The summed E-state index contributed by atoms with van der Waals surface area (Å²) >= 11 is 0. The van der Waals surface area contributed by atoms with Crippen LogP contribution in [0.3, 0.4) is 0 Å². The lowest BCUT2D eigenvalue weighted by Gasteiger charge is -2.05. The lowest BCUT2D eigenvalue weighted by atomic mass is 10.1. The number of ketones is 1. The molecule has 0 heterocycles. The zero-order valence-corrected chi connectivity index (χ0v) is 12.8. The molecule has 2 aromatic rings. The summed E-state index contributed by atoms with van der Waals surface area (Å²) in [6.45, 7) is -0.340. The second-order valence-corrected chi connectivity index (χ2v) is 4.94. The fraction of sp³-hybridized carbons (Fsp3) is 0.222. The van der Waals surface area contributed by atoms with E-state index >= 15 is 0 Å². The molecule has 0 aliphatic carbocycles. The summed E-state index contributed by atoms with van der Waals surface area (Å²) in [5, 5.41) is 0. The van der Waals surface area contributed by atoms with Crippen LogP contribution in [-0.2, 0) is 16.0 Å². The third-order valence-electron chi connectivity index (χ3n) is 3.31. The third kappa shape index (κ3) is 5.21. The van der Waals surface area contributed by atoms with Gasteiger partial charge in [-0.2, -0.15) is 0 Å². The van der Waals surface area contributed by atoms with Crippen molar-refractivity contribution < 1.29 is 23.5 Å². The topological polar surface area (TPSA) is 52.6 Å². The van der Waals surface area contributed by atoms with Crippen LogP contribution in [0.1, 0.15) is 22.3 Å². The van der Waals surface area contributed by atoms with Crippen LogP contribution in [0.25, 0.3) is 0 Å². The summed E-state index contributed by atoms with van der Waals surface area (Å²) in [7, 11) is 1.59. The SMILES string of the molecule is COc1ccc(CCC(=O)OCC(=O)c2ccc(F)cc2)cc1. The van der Waals surface area contributed by atoms with Crippen molar-refractivity contribution in [3.63, 3.8) is 0 Å². The molecule has 0 amide bonds. The van der Waals surface area contributed by atoms with Gasteiger partial charge in [-0.25, -0.2) is 4.39 Å². The monoisotopic (exact) mass is 316 g/mol. The number of carbonyl (C=O) groups is 2. The van der Waals surface area contributed by atoms with Gasteiger partial charge in [0.05, 0.1) is 7.11 Å². The molecule has 2 aromatic carbocycles. The van der Waals surface area contributed by atoms with E-state index in [4.69, 9.17) is 9.47 Å². The predicted molar refractivity (Wildman–Crippen MR) is 83.0 cm³/mol. The van der Waals surface area contributed by atoms with E-state index in [2.05, 4.69) is 0 Å². The van der Waals surface area contributed by atoms with Gasteiger partial charge >= 0.3 is 5.97 Å². The number of hydrogen-bond acceptors (Lipinski definition) is 4. The van der Waals surface area contributed by atoms with Crippen LogP contribution in [0.5, 0.6) is 5.75 Å². The third-order valence-corrected chi connectivity index (χ3v) is 3.31. The van der Waals surface area contributed by atoms with E-state index < -0.39 is 11.8 Å². The normalized spacial score (nSPS) is 10.2. The molecule has 0 aliphatic rings. The minimum absolute atomic E-state index is 0.184. The molecule has 0 saturated carbocycles. The summed E-state index contributed by atoms with van der Waals surface area (Å²) in [6.07, 6.45) is 0.705. The number of hydrogen-bond donors (Lipinski definition) is 0. The minimum Gasteiger partial charge on any atom is -0.497 e. The molecular weight excluding hydrogens is 299 g/mol. The summed E-state index contributed by atoms with van der Waals surface area (Å²) in [5.74, 6) is -0.474. The number of benzene rings is 2. The van der Waals surface area contributed by atoms with Crippen LogP contribution in [0.15, 0.2) is 48.5 Å². The molecule has 0 aromatic heterocycles. The second kappa shape index (κ2) is 8.08. The molecule has 2 rings (SSSR count). The van der Waals surface area contributed by atoms with Gasteiger partial charge in [0.25, 0.3) is 0 Å². The molecule has 0 spiro atoms. The summed E-state index contributed by atoms with van der Waals surface area (Å²) in [4.78, 5) is 23.5. The maximum absolute atomic E-state index is 12.8. The highest BCUT2D eigenvalue weighted by atomic mass is 19.1. The molecule has 4 nitrogen and oxygen atoms in total. The Morgan fingerprint density at radius 2 is 1.65 bits per heavy atom. The average molecular weight is 316 g/mol. The highest BCUT2D eigenvalue weighted by Crippen LogP contribution is 2.13. The molecule has 0 bridgehead atoms. The standard InChI is InChI=1S/C18H17FO4/c1-22-16-9-2-13(3-10-16)4-11-18(21)23-12-17(20)14-5-7-15(19)8-6-14/h2-3,5-10H,4,11-12H2,1H3. The Kier molecular flexibility index (Phi) is 5.86. The molecule has 120 valence electrons. The van der Waals surface area contributed by atoms with Crippen molar-refractivity contribution in [1.29, 1.82) is 0 Å². The van der Waals surface area contributed by atoms with E-state index in [9.17, 15) is 14.0 Å². The van der Waals surface area contributed by atoms with Gasteiger partial charge in [0.15, 0.2) is 12.4 Å². The lowest BCUT2D eigenvalue weighted by molar-refractivity contribution is -0.142. The molecule has 0 fully saturated rings. The first-order valence-corrected chi connectivity index (χ1v) is 7.16. The van der Waals surface area contributed by atoms with Gasteiger partial charge in [-0.1, -0.05) is 12.1 Å². The van der Waals surface area contributed by atoms with Gasteiger partial charge in [0.2, 0.25) is 0 Å². The number of halogens is 1. The quantitative estimate of drug-likeness (QED) is 0.581. The van der Waals surface area contributed by atoms with Gasteiger partial charge in [-0.05, 0) is 48.4 Å².